The summed E-state index contributed by atoms with van der Waals surface area (Å²) in [6.07, 6.45) is 0. The first-order valence-electron chi connectivity index (χ1n) is 4.27. The van der Waals surface area contributed by atoms with Gasteiger partial charge in [0.2, 0.25) is 10.0 Å². The minimum absolute atomic E-state index is 0.0334. The van der Waals surface area contributed by atoms with Gasteiger partial charge in [0.05, 0.1) is 11.6 Å². The van der Waals surface area contributed by atoms with Crippen molar-refractivity contribution in [2.75, 3.05) is 19.8 Å². The van der Waals surface area contributed by atoms with E-state index in [0.29, 0.717) is 13.2 Å². The SMILES string of the molecule is CCOCCNS(=O)(=O)C(C)C(N)=S. The zero-order chi connectivity index (χ0) is 11.2. The topological polar surface area (TPSA) is 81.4 Å². The summed E-state index contributed by atoms with van der Waals surface area (Å²) in [6, 6.07) is 0. The quantitative estimate of drug-likeness (QED) is 0.468. The summed E-state index contributed by atoms with van der Waals surface area (Å²) in [5.74, 6) is 0. The van der Waals surface area contributed by atoms with Gasteiger partial charge in [0.25, 0.3) is 0 Å². The average Bonchev–Trinajstić information content (AvgIpc) is 2.11. The van der Waals surface area contributed by atoms with Crippen LogP contribution in [0.25, 0.3) is 0 Å². The summed E-state index contributed by atoms with van der Waals surface area (Å²) >= 11 is 4.60. The van der Waals surface area contributed by atoms with Gasteiger partial charge in [-0.05, 0) is 13.8 Å². The molecule has 0 amide bonds. The number of hydrogen-bond donors (Lipinski definition) is 2. The summed E-state index contributed by atoms with van der Waals surface area (Å²) in [5.41, 5.74) is 5.23. The lowest BCUT2D eigenvalue weighted by Gasteiger charge is -2.12. The summed E-state index contributed by atoms with van der Waals surface area (Å²) in [4.78, 5) is -0.0334. The molecule has 7 heteroatoms. The lowest BCUT2D eigenvalue weighted by molar-refractivity contribution is 0.153. The van der Waals surface area contributed by atoms with Crippen LogP contribution in [0.4, 0.5) is 0 Å². The first-order chi connectivity index (χ1) is 6.41. The van der Waals surface area contributed by atoms with Crippen molar-refractivity contribution < 1.29 is 13.2 Å². The third kappa shape index (κ3) is 4.85. The highest BCUT2D eigenvalue weighted by Gasteiger charge is 2.22. The predicted octanol–water partition coefficient (Wildman–Crippen LogP) is -0.383. The number of ether oxygens (including phenoxy) is 1. The number of thiocarbonyl (C=S) groups is 1. The van der Waals surface area contributed by atoms with Crippen molar-refractivity contribution in [3.8, 4) is 0 Å². The molecule has 0 saturated carbocycles. The first-order valence-corrected chi connectivity index (χ1v) is 6.22. The first kappa shape index (κ1) is 13.8. The molecule has 0 aliphatic heterocycles. The monoisotopic (exact) mass is 240 g/mol. The second kappa shape index (κ2) is 6.28. The highest BCUT2D eigenvalue weighted by Crippen LogP contribution is 1.97. The van der Waals surface area contributed by atoms with E-state index in [1.807, 2.05) is 6.92 Å². The number of nitrogens with two attached hydrogens (primary N) is 1. The molecule has 0 aliphatic rings. The molecule has 5 nitrogen and oxygen atoms in total. The zero-order valence-electron chi connectivity index (χ0n) is 8.32. The van der Waals surface area contributed by atoms with E-state index in [2.05, 4.69) is 16.9 Å². The number of hydrogen-bond acceptors (Lipinski definition) is 4. The number of nitrogens with one attached hydrogen (secondary N) is 1. The van der Waals surface area contributed by atoms with E-state index < -0.39 is 15.3 Å². The molecule has 0 spiro atoms. The fourth-order valence-corrected chi connectivity index (χ4v) is 1.98. The Morgan fingerprint density at radius 2 is 2.21 bits per heavy atom. The lowest BCUT2D eigenvalue weighted by Crippen LogP contribution is -2.41. The third-order valence-corrected chi connectivity index (χ3v) is 3.91. The Kier molecular flexibility index (Phi) is 6.17. The standard InChI is InChI=1S/C7H16N2O3S2/c1-3-12-5-4-9-14(10,11)6(2)7(8)13/h6,9H,3-5H2,1-2H3,(H2,8,13). The molecule has 14 heavy (non-hydrogen) atoms. The molecule has 0 fully saturated rings. The van der Waals surface area contributed by atoms with Crippen molar-refractivity contribution >= 4 is 27.2 Å². The highest BCUT2D eigenvalue weighted by atomic mass is 32.2. The van der Waals surface area contributed by atoms with E-state index in [1.54, 1.807) is 0 Å². The van der Waals surface area contributed by atoms with Crippen molar-refractivity contribution in [2.45, 2.75) is 19.1 Å². The molecule has 3 N–H and O–H groups in total. The summed E-state index contributed by atoms with van der Waals surface area (Å²) in [6.45, 7) is 4.44. The van der Waals surface area contributed by atoms with Gasteiger partial charge in [0.1, 0.15) is 5.25 Å². The lowest BCUT2D eigenvalue weighted by atomic mass is 10.5. The Morgan fingerprint density at radius 3 is 2.64 bits per heavy atom. The Labute approximate surface area is 90.1 Å². The zero-order valence-corrected chi connectivity index (χ0v) is 9.95. The summed E-state index contributed by atoms with van der Waals surface area (Å²) in [5, 5.41) is -0.848. The van der Waals surface area contributed by atoms with Crippen LogP contribution in [0.3, 0.4) is 0 Å². The molecule has 0 aromatic carbocycles. The Hall–Kier alpha value is -0.240. The van der Waals surface area contributed by atoms with Gasteiger partial charge < -0.3 is 10.5 Å². The van der Waals surface area contributed by atoms with Crippen molar-refractivity contribution in [3.05, 3.63) is 0 Å². The second-order valence-electron chi connectivity index (χ2n) is 2.68. The van der Waals surface area contributed by atoms with Crippen LogP contribution in [0.5, 0.6) is 0 Å². The van der Waals surface area contributed by atoms with Gasteiger partial charge in [-0.3, -0.25) is 0 Å². The fraction of sp³-hybridized carbons (Fsp3) is 0.857. The van der Waals surface area contributed by atoms with Gasteiger partial charge >= 0.3 is 0 Å². The number of rotatable bonds is 7. The van der Waals surface area contributed by atoms with Crippen molar-refractivity contribution in [3.63, 3.8) is 0 Å². The van der Waals surface area contributed by atoms with Crippen molar-refractivity contribution in [2.24, 2.45) is 5.73 Å². The Morgan fingerprint density at radius 1 is 1.64 bits per heavy atom. The molecule has 0 aromatic rings. The third-order valence-electron chi connectivity index (χ3n) is 1.62. The second-order valence-corrected chi connectivity index (χ2v) is 5.24. The molecule has 0 radical (unpaired) electrons. The maximum absolute atomic E-state index is 11.4. The Bertz CT molecular complexity index is 277. The van der Waals surface area contributed by atoms with Crippen molar-refractivity contribution in [1.29, 1.82) is 0 Å². The molecule has 0 saturated heterocycles. The van der Waals surface area contributed by atoms with E-state index >= 15 is 0 Å². The maximum Gasteiger partial charge on any atom is 0.220 e. The van der Waals surface area contributed by atoms with Gasteiger partial charge in [-0.2, -0.15) is 0 Å². The van der Waals surface area contributed by atoms with Crippen molar-refractivity contribution in [1.82, 2.24) is 4.72 Å². The summed E-state index contributed by atoms with van der Waals surface area (Å²) < 4.78 is 30.1. The van der Waals surface area contributed by atoms with Gasteiger partial charge in [-0.25, -0.2) is 13.1 Å². The van der Waals surface area contributed by atoms with E-state index in [4.69, 9.17) is 10.5 Å². The minimum Gasteiger partial charge on any atom is -0.392 e. The molecule has 0 bridgehead atoms. The van der Waals surface area contributed by atoms with Crippen LogP contribution in [0, 0.1) is 0 Å². The van der Waals surface area contributed by atoms with Crippen LogP contribution in [-0.2, 0) is 14.8 Å². The van der Waals surface area contributed by atoms with E-state index in [9.17, 15) is 8.42 Å². The molecule has 1 unspecified atom stereocenters. The van der Waals surface area contributed by atoms with E-state index in [1.165, 1.54) is 6.92 Å². The van der Waals surface area contributed by atoms with Crippen LogP contribution in [-0.4, -0.2) is 38.4 Å². The fourth-order valence-electron chi connectivity index (χ4n) is 0.678. The van der Waals surface area contributed by atoms with Gasteiger partial charge in [-0.15, -0.1) is 0 Å². The van der Waals surface area contributed by atoms with Crippen LogP contribution >= 0.6 is 12.2 Å². The predicted molar refractivity (Wildman–Crippen MR) is 59.7 cm³/mol. The molecule has 0 aromatic heterocycles. The van der Waals surface area contributed by atoms with Crippen LogP contribution in [0.2, 0.25) is 0 Å². The smallest absolute Gasteiger partial charge is 0.220 e. The van der Waals surface area contributed by atoms with Crippen LogP contribution < -0.4 is 10.5 Å². The van der Waals surface area contributed by atoms with E-state index in [-0.39, 0.29) is 11.5 Å². The molecule has 1 atom stereocenters. The minimum atomic E-state index is -3.44. The molecular formula is C7H16N2O3S2. The van der Waals surface area contributed by atoms with E-state index in [0.717, 1.165) is 0 Å². The molecule has 84 valence electrons. The van der Waals surface area contributed by atoms with Crippen LogP contribution in [0.15, 0.2) is 0 Å². The van der Waals surface area contributed by atoms with Crippen LogP contribution in [0.1, 0.15) is 13.8 Å². The van der Waals surface area contributed by atoms with Gasteiger partial charge in [-0.1, -0.05) is 12.2 Å². The molecular weight excluding hydrogens is 224 g/mol. The van der Waals surface area contributed by atoms with Gasteiger partial charge in [0.15, 0.2) is 0 Å². The average molecular weight is 240 g/mol. The number of sulfonamides is 1. The molecule has 0 heterocycles. The normalized spacial score (nSPS) is 13.9. The van der Waals surface area contributed by atoms with Gasteiger partial charge in [0, 0.05) is 13.2 Å². The Balaban J connectivity index is 4.02. The maximum atomic E-state index is 11.4. The summed E-state index contributed by atoms with van der Waals surface area (Å²) in [7, 11) is -3.44. The highest BCUT2D eigenvalue weighted by molar-refractivity contribution is 7.93. The molecule has 0 rings (SSSR count). The largest absolute Gasteiger partial charge is 0.392 e. The molecule has 0 aliphatic carbocycles.